The number of nitrogens with zero attached hydrogens (tertiary/aromatic N) is 4. The monoisotopic (exact) mass is 287 g/mol. The molecule has 1 aliphatic rings. The van der Waals surface area contributed by atoms with E-state index < -0.39 is 0 Å². The molecular weight excluding hydrogens is 270 g/mol. The van der Waals surface area contributed by atoms with Crippen LogP contribution < -0.4 is 15.4 Å². The maximum absolute atomic E-state index is 6.07. The molecule has 0 aliphatic carbocycles. The molecular formula is C14H17N5O2. The summed E-state index contributed by atoms with van der Waals surface area (Å²) in [5.74, 6) is 1.74. The molecule has 7 heteroatoms. The highest BCUT2D eigenvalue weighted by atomic mass is 16.5. The summed E-state index contributed by atoms with van der Waals surface area (Å²) in [6.07, 6.45) is 5.08. The third-order valence-corrected chi connectivity index (χ3v) is 3.36. The summed E-state index contributed by atoms with van der Waals surface area (Å²) < 4.78 is 10.5. The molecule has 1 fully saturated rings. The number of rotatable bonds is 3. The number of anilines is 2. The van der Waals surface area contributed by atoms with Crippen LogP contribution in [0.1, 0.15) is 0 Å². The van der Waals surface area contributed by atoms with E-state index in [0.29, 0.717) is 30.7 Å². The minimum Gasteiger partial charge on any atom is -0.495 e. The van der Waals surface area contributed by atoms with Gasteiger partial charge in [0.2, 0.25) is 5.95 Å². The first-order valence-corrected chi connectivity index (χ1v) is 6.72. The van der Waals surface area contributed by atoms with Crippen LogP contribution in [0, 0.1) is 0 Å². The number of nitrogen functional groups attached to an aromatic ring is 1. The van der Waals surface area contributed by atoms with Crippen LogP contribution in [0.3, 0.4) is 0 Å². The van der Waals surface area contributed by atoms with Gasteiger partial charge in [-0.25, -0.2) is 4.98 Å². The lowest BCUT2D eigenvalue weighted by Gasteiger charge is -2.26. The average molecular weight is 287 g/mol. The Balaban J connectivity index is 1.90. The molecule has 0 amide bonds. The number of hydrogen-bond donors (Lipinski definition) is 1. The fourth-order valence-corrected chi connectivity index (χ4v) is 2.20. The summed E-state index contributed by atoms with van der Waals surface area (Å²) in [7, 11) is 1.60. The lowest BCUT2D eigenvalue weighted by Crippen LogP contribution is -2.37. The van der Waals surface area contributed by atoms with Crippen molar-refractivity contribution in [1.82, 2.24) is 15.0 Å². The van der Waals surface area contributed by atoms with Crippen LogP contribution in [-0.4, -0.2) is 48.4 Å². The minimum atomic E-state index is 0.432. The van der Waals surface area contributed by atoms with Gasteiger partial charge in [0.05, 0.1) is 26.5 Å². The fraction of sp³-hybridized carbons (Fsp3) is 0.357. The van der Waals surface area contributed by atoms with E-state index in [4.69, 9.17) is 15.2 Å². The minimum absolute atomic E-state index is 0.432. The summed E-state index contributed by atoms with van der Waals surface area (Å²) in [5, 5.41) is 0. The van der Waals surface area contributed by atoms with Gasteiger partial charge in [-0.1, -0.05) is 0 Å². The van der Waals surface area contributed by atoms with Crippen LogP contribution in [0.4, 0.5) is 11.8 Å². The molecule has 0 saturated carbocycles. The van der Waals surface area contributed by atoms with Crippen LogP contribution in [-0.2, 0) is 4.74 Å². The molecule has 1 saturated heterocycles. The molecule has 3 heterocycles. The average Bonchev–Trinajstić information content (AvgIpc) is 2.55. The zero-order valence-corrected chi connectivity index (χ0v) is 11.8. The second kappa shape index (κ2) is 5.92. The van der Waals surface area contributed by atoms with Crippen molar-refractivity contribution >= 4 is 11.8 Å². The third-order valence-electron chi connectivity index (χ3n) is 3.36. The SMILES string of the molecule is COc1cncc(-c2cnc(N3CCOCC3)nc2N)c1. The predicted octanol–water partition coefficient (Wildman–Crippen LogP) is 0.966. The number of pyridine rings is 1. The Kier molecular flexibility index (Phi) is 3.83. The molecule has 110 valence electrons. The van der Waals surface area contributed by atoms with Crippen molar-refractivity contribution in [2.45, 2.75) is 0 Å². The Labute approximate surface area is 122 Å². The van der Waals surface area contributed by atoms with E-state index in [1.165, 1.54) is 0 Å². The van der Waals surface area contributed by atoms with Crippen molar-refractivity contribution in [2.75, 3.05) is 44.0 Å². The summed E-state index contributed by atoms with van der Waals surface area (Å²) in [5.41, 5.74) is 7.66. The van der Waals surface area contributed by atoms with E-state index in [1.54, 1.807) is 25.7 Å². The summed E-state index contributed by atoms with van der Waals surface area (Å²) in [6, 6.07) is 1.86. The van der Waals surface area contributed by atoms with Gasteiger partial charge in [-0.3, -0.25) is 4.98 Å². The van der Waals surface area contributed by atoms with Crippen LogP contribution >= 0.6 is 0 Å². The molecule has 2 N–H and O–H groups in total. The first-order chi connectivity index (χ1) is 10.3. The van der Waals surface area contributed by atoms with Crippen LogP contribution in [0.5, 0.6) is 5.75 Å². The van der Waals surface area contributed by atoms with E-state index in [2.05, 4.69) is 19.9 Å². The highest BCUT2D eigenvalue weighted by molar-refractivity contribution is 5.73. The molecule has 0 aromatic carbocycles. The second-order valence-corrected chi connectivity index (χ2v) is 4.68. The number of morpholine rings is 1. The second-order valence-electron chi connectivity index (χ2n) is 4.68. The van der Waals surface area contributed by atoms with Crippen LogP contribution in [0.25, 0.3) is 11.1 Å². The Morgan fingerprint density at radius 2 is 2.05 bits per heavy atom. The molecule has 3 rings (SSSR count). The molecule has 0 unspecified atom stereocenters. The van der Waals surface area contributed by atoms with Gasteiger partial charge in [0.1, 0.15) is 11.6 Å². The van der Waals surface area contributed by atoms with Crippen molar-refractivity contribution in [3.05, 3.63) is 24.7 Å². The Hall–Kier alpha value is -2.41. The van der Waals surface area contributed by atoms with Crippen LogP contribution in [0.15, 0.2) is 24.7 Å². The topological polar surface area (TPSA) is 86.4 Å². The third kappa shape index (κ3) is 2.87. The van der Waals surface area contributed by atoms with E-state index in [9.17, 15) is 0 Å². The Bertz CT molecular complexity index is 629. The van der Waals surface area contributed by atoms with Crippen molar-refractivity contribution in [3.8, 4) is 16.9 Å². The van der Waals surface area contributed by atoms with E-state index in [0.717, 1.165) is 24.2 Å². The standard InChI is InChI=1S/C14H17N5O2/c1-20-11-6-10(7-16-8-11)12-9-17-14(18-13(12)15)19-2-4-21-5-3-19/h6-9H,2-5H2,1H3,(H2,15,17,18). The number of ether oxygens (including phenoxy) is 2. The molecule has 2 aromatic heterocycles. The van der Waals surface area contributed by atoms with E-state index >= 15 is 0 Å². The fourth-order valence-electron chi connectivity index (χ4n) is 2.20. The summed E-state index contributed by atoms with van der Waals surface area (Å²) in [4.78, 5) is 15.0. The van der Waals surface area contributed by atoms with Gasteiger partial charge in [-0.05, 0) is 6.07 Å². The largest absolute Gasteiger partial charge is 0.495 e. The molecule has 0 radical (unpaired) electrons. The lowest BCUT2D eigenvalue weighted by atomic mass is 10.1. The smallest absolute Gasteiger partial charge is 0.227 e. The van der Waals surface area contributed by atoms with Gasteiger partial charge in [0.25, 0.3) is 0 Å². The van der Waals surface area contributed by atoms with Crippen molar-refractivity contribution in [1.29, 1.82) is 0 Å². The zero-order valence-electron chi connectivity index (χ0n) is 11.8. The first kappa shape index (κ1) is 13.6. The van der Waals surface area contributed by atoms with Crippen molar-refractivity contribution < 1.29 is 9.47 Å². The first-order valence-electron chi connectivity index (χ1n) is 6.72. The molecule has 0 bridgehead atoms. The number of nitrogens with two attached hydrogens (primary N) is 1. The Morgan fingerprint density at radius 3 is 2.76 bits per heavy atom. The van der Waals surface area contributed by atoms with Gasteiger partial charge in [-0.15, -0.1) is 0 Å². The number of hydrogen-bond acceptors (Lipinski definition) is 7. The highest BCUT2D eigenvalue weighted by Crippen LogP contribution is 2.27. The van der Waals surface area contributed by atoms with Crippen molar-refractivity contribution in [3.63, 3.8) is 0 Å². The van der Waals surface area contributed by atoms with E-state index in [1.807, 2.05) is 6.07 Å². The molecule has 0 spiro atoms. The summed E-state index contributed by atoms with van der Waals surface area (Å²) in [6.45, 7) is 2.93. The van der Waals surface area contributed by atoms with Gasteiger partial charge >= 0.3 is 0 Å². The van der Waals surface area contributed by atoms with Crippen LogP contribution in [0.2, 0.25) is 0 Å². The quantitative estimate of drug-likeness (QED) is 0.900. The normalized spacial score (nSPS) is 15.0. The van der Waals surface area contributed by atoms with Gasteiger partial charge in [0.15, 0.2) is 0 Å². The van der Waals surface area contributed by atoms with Gasteiger partial charge < -0.3 is 20.1 Å². The maximum atomic E-state index is 6.07. The molecule has 1 aliphatic heterocycles. The number of aromatic nitrogens is 3. The highest BCUT2D eigenvalue weighted by Gasteiger charge is 2.15. The molecule has 21 heavy (non-hydrogen) atoms. The molecule has 2 aromatic rings. The van der Waals surface area contributed by atoms with Gasteiger partial charge in [-0.2, -0.15) is 4.98 Å². The lowest BCUT2D eigenvalue weighted by molar-refractivity contribution is 0.122. The molecule has 7 nitrogen and oxygen atoms in total. The Morgan fingerprint density at radius 1 is 1.24 bits per heavy atom. The van der Waals surface area contributed by atoms with E-state index in [-0.39, 0.29) is 0 Å². The maximum Gasteiger partial charge on any atom is 0.227 e. The summed E-state index contributed by atoms with van der Waals surface area (Å²) >= 11 is 0. The zero-order chi connectivity index (χ0) is 14.7. The number of methoxy groups -OCH3 is 1. The predicted molar refractivity (Wildman–Crippen MR) is 79.3 cm³/mol. The van der Waals surface area contributed by atoms with Crippen molar-refractivity contribution in [2.24, 2.45) is 0 Å². The van der Waals surface area contributed by atoms with Gasteiger partial charge in [0, 0.05) is 36.6 Å². The molecule has 0 atom stereocenters.